The van der Waals surface area contributed by atoms with E-state index in [0.29, 0.717) is 27.3 Å². The van der Waals surface area contributed by atoms with Gasteiger partial charge in [0.2, 0.25) is 5.82 Å². The molecular weight excluding hydrogens is 363 g/mol. The first-order valence-corrected chi connectivity index (χ1v) is 7.24. The van der Waals surface area contributed by atoms with Crippen LogP contribution in [-0.4, -0.2) is 10.1 Å². The molecule has 0 bridgehead atoms. The van der Waals surface area contributed by atoms with Gasteiger partial charge < -0.3 is 4.52 Å². The molecule has 0 amide bonds. The first kappa shape index (κ1) is 13.6. The number of halogens is 3. The van der Waals surface area contributed by atoms with Crippen LogP contribution in [0.2, 0.25) is 10.0 Å². The van der Waals surface area contributed by atoms with Gasteiger partial charge in [-0.2, -0.15) is 4.98 Å². The molecule has 0 aliphatic rings. The molecule has 2 aromatic carbocycles. The van der Waals surface area contributed by atoms with Crippen molar-refractivity contribution in [2.75, 3.05) is 0 Å². The lowest BCUT2D eigenvalue weighted by molar-refractivity contribution is 0.432. The van der Waals surface area contributed by atoms with Crippen LogP contribution in [-0.2, 0) is 0 Å². The second-order valence-electron chi connectivity index (χ2n) is 4.00. The highest BCUT2D eigenvalue weighted by molar-refractivity contribution is 9.10. The van der Waals surface area contributed by atoms with E-state index < -0.39 is 0 Å². The summed E-state index contributed by atoms with van der Waals surface area (Å²) in [6, 6.07) is 12.9. The third-order valence-corrected chi connectivity index (χ3v) is 4.23. The Hall–Kier alpha value is -1.36. The van der Waals surface area contributed by atoms with Crippen LogP contribution < -0.4 is 0 Å². The van der Waals surface area contributed by atoms with Gasteiger partial charge in [-0.25, -0.2) is 0 Å². The van der Waals surface area contributed by atoms with E-state index in [0.717, 1.165) is 10.0 Å². The molecule has 0 saturated heterocycles. The fourth-order valence-corrected chi connectivity index (χ4v) is 2.60. The summed E-state index contributed by atoms with van der Waals surface area (Å²) in [5.41, 5.74) is 1.46. The van der Waals surface area contributed by atoms with E-state index in [1.807, 2.05) is 24.3 Å². The maximum absolute atomic E-state index is 6.15. The lowest BCUT2D eigenvalue weighted by Gasteiger charge is -1.99. The first-order valence-electron chi connectivity index (χ1n) is 5.70. The number of nitrogens with zero attached hydrogens (tertiary/aromatic N) is 2. The Kier molecular flexibility index (Phi) is 3.78. The molecule has 0 spiro atoms. The topological polar surface area (TPSA) is 38.9 Å². The molecule has 20 heavy (non-hydrogen) atoms. The molecule has 3 nitrogen and oxygen atoms in total. The van der Waals surface area contributed by atoms with Crippen molar-refractivity contribution in [2.24, 2.45) is 0 Å². The third-order valence-electron chi connectivity index (χ3n) is 2.72. The normalized spacial score (nSPS) is 10.8. The predicted molar refractivity (Wildman–Crippen MR) is 82.9 cm³/mol. The monoisotopic (exact) mass is 368 g/mol. The molecule has 0 aliphatic heterocycles. The van der Waals surface area contributed by atoms with E-state index in [9.17, 15) is 0 Å². The van der Waals surface area contributed by atoms with E-state index >= 15 is 0 Å². The number of hydrogen-bond donors (Lipinski definition) is 0. The highest BCUT2D eigenvalue weighted by atomic mass is 79.9. The Morgan fingerprint density at radius 3 is 2.50 bits per heavy atom. The highest BCUT2D eigenvalue weighted by Gasteiger charge is 2.16. The summed E-state index contributed by atoms with van der Waals surface area (Å²) in [6.07, 6.45) is 0. The van der Waals surface area contributed by atoms with Gasteiger partial charge in [-0.05, 0) is 24.3 Å². The lowest BCUT2D eigenvalue weighted by atomic mass is 10.2. The van der Waals surface area contributed by atoms with Crippen LogP contribution in [0.4, 0.5) is 0 Å². The van der Waals surface area contributed by atoms with Crippen molar-refractivity contribution in [1.29, 1.82) is 0 Å². The zero-order chi connectivity index (χ0) is 14.1. The largest absolute Gasteiger partial charge is 0.334 e. The van der Waals surface area contributed by atoms with Crippen LogP contribution in [0.15, 0.2) is 51.5 Å². The van der Waals surface area contributed by atoms with Crippen LogP contribution in [0.3, 0.4) is 0 Å². The maximum atomic E-state index is 6.15. The number of aromatic nitrogens is 2. The molecule has 6 heteroatoms. The Labute approximate surface area is 133 Å². The van der Waals surface area contributed by atoms with Gasteiger partial charge in [-0.15, -0.1) is 0 Å². The van der Waals surface area contributed by atoms with Crippen LogP contribution in [0.5, 0.6) is 0 Å². The molecule has 100 valence electrons. The second-order valence-corrected chi connectivity index (χ2v) is 5.64. The van der Waals surface area contributed by atoms with Gasteiger partial charge in [-0.3, -0.25) is 0 Å². The maximum Gasteiger partial charge on any atom is 0.259 e. The van der Waals surface area contributed by atoms with E-state index in [1.165, 1.54) is 0 Å². The van der Waals surface area contributed by atoms with Crippen LogP contribution in [0.1, 0.15) is 0 Å². The Balaban J connectivity index is 2.07. The molecule has 0 aliphatic carbocycles. The molecule has 0 saturated carbocycles. The molecule has 0 atom stereocenters. The molecule has 0 radical (unpaired) electrons. The van der Waals surface area contributed by atoms with Crippen molar-refractivity contribution in [3.05, 3.63) is 57.0 Å². The zero-order valence-corrected chi connectivity index (χ0v) is 13.1. The van der Waals surface area contributed by atoms with E-state index in [-0.39, 0.29) is 0 Å². The summed E-state index contributed by atoms with van der Waals surface area (Å²) in [7, 11) is 0. The Morgan fingerprint density at radius 2 is 1.70 bits per heavy atom. The summed E-state index contributed by atoms with van der Waals surface area (Å²) in [4.78, 5) is 4.36. The Morgan fingerprint density at radius 1 is 0.950 bits per heavy atom. The van der Waals surface area contributed by atoms with Crippen molar-refractivity contribution in [3.8, 4) is 22.8 Å². The van der Waals surface area contributed by atoms with Gasteiger partial charge in [0.05, 0.1) is 15.6 Å². The average Bonchev–Trinajstić information content (AvgIpc) is 2.92. The van der Waals surface area contributed by atoms with Crippen LogP contribution in [0.25, 0.3) is 22.8 Å². The number of benzene rings is 2. The molecule has 3 aromatic rings. The molecule has 3 rings (SSSR count). The van der Waals surface area contributed by atoms with Gasteiger partial charge in [0.25, 0.3) is 5.89 Å². The highest BCUT2D eigenvalue weighted by Crippen LogP contribution is 2.34. The first-order chi connectivity index (χ1) is 9.66. The SMILES string of the molecule is Clc1cccc(-c2nc(-c3ccccc3Br)no2)c1Cl. The molecule has 1 aromatic heterocycles. The standard InChI is InChI=1S/C14H7BrCl2N2O/c15-10-6-2-1-4-8(10)13-18-14(20-19-13)9-5-3-7-11(16)12(9)17/h1-7H. The fourth-order valence-electron chi connectivity index (χ4n) is 1.75. The van der Waals surface area contributed by atoms with E-state index in [2.05, 4.69) is 26.1 Å². The van der Waals surface area contributed by atoms with E-state index in [1.54, 1.807) is 18.2 Å². The summed E-state index contributed by atoms with van der Waals surface area (Å²) in [6.45, 7) is 0. The van der Waals surface area contributed by atoms with Gasteiger partial charge in [-0.1, -0.05) is 62.5 Å². The zero-order valence-electron chi connectivity index (χ0n) is 9.98. The van der Waals surface area contributed by atoms with Crippen molar-refractivity contribution in [2.45, 2.75) is 0 Å². The minimum atomic E-state index is 0.336. The van der Waals surface area contributed by atoms with Crippen LogP contribution in [0, 0.1) is 0 Å². The molecule has 0 N–H and O–H groups in total. The summed E-state index contributed by atoms with van der Waals surface area (Å²) < 4.78 is 6.16. The van der Waals surface area contributed by atoms with Crippen molar-refractivity contribution in [1.82, 2.24) is 10.1 Å². The van der Waals surface area contributed by atoms with Gasteiger partial charge >= 0.3 is 0 Å². The number of rotatable bonds is 2. The summed E-state index contributed by atoms with van der Waals surface area (Å²) >= 11 is 15.6. The Bertz CT molecular complexity index is 773. The summed E-state index contributed by atoms with van der Waals surface area (Å²) in [5.74, 6) is 0.826. The van der Waals surface area contributed by atoms with Gasteiger partial charge in [0.15, 0.2) is 0 Å². The second kappa shape index (κ2) is 5.56. The van der Waals surface area contributed by atoms with Gasteiger partial charge in [0, 0.05) is 10.0 Å². The van der Waals surface area contributed by atoms with E-state index in [4.69, 9.17) is 27.7 Å². The van der Waals surface area contributed by atoms with Crippen LogP contribution >= 0.6 is 39.1 Å². The summed E-state index contributed by atoms with van der Waals surface area (Å²) in [5, 5.41) is 4.83. The quantitative estimate of drug-likeness (QED) is 0.600. The molecule has 1 heterocycles. The van der Waals surface area contributed by atoms with Crippen molar-refractivity contribution < 1.29 is 4.52 Å². The van der Waals surface area contributed by atoms with Gasteiger partial charge in [0.1, 0.15) is 0 Å². The molecule has 0 fully saturated rings. The minimum absolute atomic E-state index is 0.336. The molecular formula is C14H7BrCl2N2O. The minimum Gasteiger partial charge on any atom is -0.334 e. The number of hydrogen-bond acceptors (Lipinski definition) is 3. The lowest BCUT2D eigenvalue weighted by Crippen LogP contribution is -1.83. The fraction of sp³-hybridized carbons (Fsp3) is 0. The smallest absolute Gasteiger partial charge is 0.259 e. The third kappa shape index (κ3) is 2.46. The molecule has 0 unspecified atom stereocenters. The van der Waals surface area contributed by atoms with Crippen molar-refractivity contribution in [3.63, 3.8) is 0 Å². The predicted octanol–water partition coefficient (Wildman–Crippen LogP) is 5.47. The van der Waals surface area contributed by atoms with Crippen molar-refractivity contribution >= 4 is 39.1 Å². The average molecular weight is 370 g/mol.